The van der Waals surface area contributed by atoms with Crippen LogP contribution in [0.1, 0.15) is 16.8 Å². The Morgan fingerprint density at radius 3 is 3.08 bits per heavy atom. The number of rotatable bonds is 3. The minimum absolute atomic E-state index is 0.0181. The molecular weight excluding hydrogens is 322 g/mol. The van der Waals surface area contributed by atoms with Gasteiger partial charge in [-0.15, -0.1) is 11.3 Å². The molecule has 1 N–H and O–H groups in total. The van der Waals surface area contributed by atoms with Crippen LogP contribution in [-0.2, 0) is 12.8 Å². The van der Waals surface area contributed by atoms with Crippen LogP contribution in [0, 0.1) is 6.92 Å². The molecule has 4 rings (SSSR count). The molecule has 1 atom stereocenters. The molecule has 3 heterocycles. The third-order valence-corrected chi connectivity index (χ3v) is 5.37. The highest BCUT2D eigenvalue weighted by atomic mass is 32.1. The lowest BCUT2D eigenvalue weighted by Crippen LogP contribution is -2.40. The largest absolute Gasteiger partial charge is 0.391 e. The Bertz CT molecular complexity index is 947. The topological polar surface area (TPSA) is 57.8 Å². The maximum atomic E-state index is 12.7. The summed E-state index contributed by atoms with van der Waals surface area (Å²) in [5.74, 6) is 0. The second kappa shape index (κ2) is 6.03. The van der Waals surface area contributed by atoms with Crippen LogP contribution in [0.25, 0.3) is 4.96 Å². The third kappa shape index (κ3) is 2.61. The molecule has 0 bridgehead atoms. The van der Waals surface area contributed by atoms with E-state index >= 15 is 0 Å². The number of aliphatic hydroxyl groups is 1. The fourth-order valence-corrected chi connectivity index (χ4v) is 4.18. The molecule has 5 nitrogen and oxygen atoms in total. The van der Waals surface area contributed by atoms with E-state index in [1.54, 1.807) is 10.6 Å². The zero-order valence-corrected chi connectivity index (χ0v) is 14.3. The van der Waals surface area contributed by atoms with Gasteiger partial charge in [-0.05, 0) is 25.0 Å². The number of aryl methyl sites for hydroxylation is 1. The molecule has 1 aromatic carbocycles. The molecule has 124 valence electrons. The SMILES string of the molecule is Cc1nc2sccn2c(=O)c1CCN1CC(O)Cc2ccccc21. The lowest BCUT2D eigenvalue weighted by Gasteiger charge is -2.34. The maximum absolute atomic E-state index is 12.7. The van der Waals surface area contributed by atoms with Crippen molar-refractivity contribution in [2.24, 2.45) is 0 Å². The van der Waals surface area contributed by atoms with Crippen molar-refractivity contribution in [3.05, 3.63) is 63.0 Å². The Labute approximate surface area is 143 Å². The number of anilines is 1. The van der Waals surface area contributed by atoms with Gasteiger partial charge in [0.2, 0.25) is 0 Å². The van der Waals surface area contributed by atoms with E-state index in [9.17, 15) is 9.90 Å². The molecular formula is C18H19N3O2S. The van der Waals surface area contributed by atoms with Gasteiger partial charge in [0, 0.05) is 48.0 Å². The number of hydrogen-bond acceptors (Lipinski definition) is 5. The minimum Gasteiger partial charge on any atom is -0.391 e. The first-order chi connectivity index (χ1) is 11.6. The molecule has 24 heavy (non-hydrogen) atoms. The lowest BCUT2D eigenvalue weighted by atomic mass is 9.99. The van der Waals surface area contributed by atoms with Gasteiger partial charge in [0.1, 0.15) is 0 Å². The quantitative estimate of drug-likeness (QED) is 0.792. The number of thiazole rings is 1. The molecule has 6 heteroatoms. The number of para-hydroxylation sites is 1. The second-order valence-electron chi connectivity index (χ2n) is 6.22. The van der Waals surface area contributed by atoms with Crippen molar-refractivity contribution in [2.45, 2.75) is 25.9 Å². The first-order valence-electron chi connectivity index (χ1n) is 8.10. The van der Waals surface area contributed by atoms with Gasteiger partial charge < -0.3 is 10.0 Å². The van der Waals surface area contributed by atoms with Crippen LogP contribution >= 0.6 is 11.3 Å². The molecule has 3 aromatic rings. The smallest absolute Gasteiger partial charge is 0.262 e. The second-order valence-corrected chi connectivity index (χ2v) is 7.09. The van der Waals surface area contributed by atoms with Crippen LogP contribution in [0.2, 0.25) is 0 Å². The van der Waals surface area contributed by atoms with E-state index in [0.717, 1.165) is 27.5 Å². The highest BCUT2D eigenvalue weighted by Gasteiger charge is 2.23. The molecule has 0 aliphatic carbocycles. The predicted molar refractivity (Wildman–Crippen MR) is 96.1 cm³/mol. The molecule has 0 amide bonds. The number of benzene rings is 1. The Morgan fingerprint density at radius 1 is 1.38 bits per heavy atom. The molecule has 1 aliphatic heterocycles. The summed E-state index contributed by atoms with van der Waals surface area (Å²) in [6, 6.07) is 8.16. The zero-order valence-electron chi connectivity index (χ0n) is 13.5. The van der Waals surface area contributed by atoms with Crippen LogP contribution in [0.4, 0.5) is 5.69 Å². The van der Waals surface area contributed by atoms with Crippen LogP contribution in [0.5, 0.6) is 0 Å². The van der Waals surface area contributed by atoms with E-state index < -0.39 is 0 Å². The fourth-order valence-electron chi connectivity index (χ4n) is 3.43. The van der Waals surface area contributed by atoms with E-state index in [1.807, 2.05) is 24.4 Å². The fraction of sp³-hybridized carbons (Fsp3) is 0.333. The monoisotopic (exact) mass is 341 g/mol. The number of fused-ring (bicyclic) bond motifs is 2. The van der Waals surface area contributed by atoms with E-state index in [4.69, 9.17) is 0 Å². The summed E-state index contributed by atoms with van der Waals surface area (Å²) in [5.41, 5.74) is 3.89. The molecule has 0 saturated heterocycles. The van der Waals surface area contributed by atoms with Crippen molar-refractivity contribution in [1.29, 1.82) is 0 Å². The van der Waals surface area contributed by atoms with Crippen molar-refractivity contribution >= 4 is 22.0 Å². The van der Waals surface area contributed by atoms with Crippen LogP contribution in [-0.4, -0.2) is 33.7 Å². The van der Waals surface area contributed by atoms with Crippen molar-refractivity contribution < 1.29 is 5.11 Å². The summed E-state index contributed by atoms with van der Waals surface area (Å²) in [7, 11) is 0. The average Bonchev–Trinajstić information content (AvgIpc) is 3.02. The van der Waals surface area contributed by atoms with E-state index in [-0.39, 0.29) is 11.7 Å². The van der Waals surface area contributed by atoms with Gasteiger partial charge in [0.25, 0.3) is 5.56 Å². The normalized spacial score (nSPS) is 17.2. The van der Waals surface area contributed by atoms with Crippen molar-refractivity contribution in [3.8, 4) is 0 Å². The number of hydrogen-bond donors (Lipinski definition) is 1. The molecule has 0 spiro atoms. The number of nitrogens with zero attached hydrogens (tertiary/aromatic N) is 3. The Hall–Kier alpha value is -2.18. The van der Waals surface area contributed by atoms with Crippen LogP contribution in [0.15, 0.2) is 40.6 Å². The summed E-state index contributed by atoms with van der Waals surface area (Å²) in [4.78, 5) is 20.1. The van der Waals surface area contributed by atoms with E-state index in [0.29, 0.717) is 25.9 Å². The van der Waals surface area contributed by atoms with Gasteiger partial charge in [-0.2, -0.15) is 0 Å². The number of aromatic nitrogens is 2. The third-order valence-electron chi connectivity index (χ3n) is 4.62. The van der Waals surface area contributed by atoms with Gasteiger partial charge in [-0.25, -0.2) is 4.98 Å². The maximum Gasteiger partial charge on any atom is 0.262 e. The first kappa shape index (κ1) is 15.4. The highest BCUT2D eigenvalue weighted by Crippen LogP contribution is 2.27. The van der Waals surface area contributed by atoms with Gasteiger partial charge >= 0.3 is 0 Å². The van der Waals surface area contributed by atoms with Gasteiger partial charge in [0.15, 0.2) is 4.96 Å². The molecule has 1 aliphatic rings. The van der Waals surface area contributed by atoms with Crippen LogP contribution in [0.3, 0.4) is 0 Å². The van der Waals surface area contributed by atoms with Gasteiger partial charge in [-0.3, -0.25) is 9.20 Å². The van der Waals surface area contributed by atoms with E-state index in [1.165, 1.54) is 11.3 Å². The van der Waals surface area contributed by atoms with Gasteiger partial charge in [0.05, 0.1) is 6.10 Å². The summed E-state index contributed by atoms with van der Waals surface area (Å²) in [6.45, 7) is 3.20. The van der Waals surface area contributed by atoms with Crippen molar-refractivity contribution in [2.75, 3.05) is 18.0 Å². The molecule has 0 radical (unpaired) electrons. The standard InChI is InChI=1S/C18H19N3O2S/c1-12-15(17(23)21-8-9-24-18(21)19-12)6-7-20-11-14(22)10-13-4-2-3-5-16(13)20/h2-5,8-9,14,22H,6-7,10-11H2,1H3. The summed E-state index contributed by atoms with van der Waals surface area (Å²) in [6.07, 6.45) is 2.73. The lowest BCUT2D eigenvalue weighted by molar-refractivity contribution is 0.175. The summed E-state index contributed by atoms with van der Waals surface area (Å²) in [5, 5.41) is 12.0. The molecule has 0 fully saturated rings. The molecule has 1 unspecified atom stereocenters. The Morgan fingerprint density at radius 2 is 2.21 bits per heavy atom. The van der Waals surface area contributed by atoms with Crippen LogP contribution < -0.4 is 10.5 Å². The zero-order chi connectivity index (χ0) is 16.7. The number of β-amino-alcohol motifs (C(OH)–C–C–N with tert-alkyl or cyclic N) is 1. The Balaban J connectivity index is 1.63. The van der Waals surface area contributed by atoms with Crippen molar-refractivity contribution in [1.82, 2.24) is 9.38 Å². The minimum atomic E-state index is -0.362. The number of aliphatic hydroxyl groups excluding tert-OH is 1. The average molecular weight is 341 g/mol. The molecule has 0 saturated carbocycles. The Kier molecular flexibility index (Phi) is 3.86. The summed E-state index contributed by atoms with van der Waals surface area (Å²) < 4.78 is 1.62. The van der Waals surface area contributed by atoms with Gasteiger partial charge in [-0.1, -0.05) is 18.2 Å². The first-order valence-corrected chi connectivity index (χ1v) is 8.97. The summed E-state index contributed by atoms with van der Waals surface area (Å²) >= 11 is 1.47. The highest BCUT2D eigenvalue weighted by molar-refractivity contribution is 7.15. The molecule has 2 aromatic heterocycles. The predicted octanol–water partition coefficient (Wildman–Crippen LogP) is 2.03. The van der Waals surface area contributed by atoms with E-state index in [2.05, 4.69) is 22.0 Å². The van der Waals surface area contributed by atoms with Crippen molar-refractivity contribution in [3.63, 3.8) is 0 Å².